The molecule has 3 atom stereocenters. The van der Waals surface area contributed by atoms with Crippen LogP contribution in [0.1, 0.15) is 12.0 Å². The van der Waals surface area contributed by atoms with Gasteiger partial charge in [0, 0.05) is 78.5 Å². The fraction of sp³-hybridized carbons (Fsp3) is 0.583. The molecule has 2 heterocycles. The summed E-state index contributed by atoms with van der Waals surface area (Å²) in [6, 6.07) is 11.0. The monoisotopic (exact) mass is 505 g/mol. The van der Waals surface area contributed by atoms with Crippen molar-refractivity contribution in [2.75, 3.05) is 72.0 Å². The van der Waals surface area contributed by atoms with Gasteiger partial charge in [-0.2, -0.15) is 0 Å². The molecular weight excluding hydrogens is 470 g/mol. The average Bonchev–Trinajstić information content (AvgIpc) is 2.95. The predicted molar refractivity (Wildman–Crippen MR) is 129 cm³/mol. The van der Waals surface area contributed by atoms with E-state index in [0.717, 1.165) is 6.54 Å². The topological polar surface area (TPSA) is 13.0 Å². The minimum atomic E-state index is 0.00694. The van der Waals surface area contributed by atoms with Crippen molar-refractivity contribution >= 4 is 20.2 Å². The molecule has 1 aromatic carbocycles. The van der Waals surface area contributed by atoms with E-state index >= 15 is 0 Å². The van der Waals surface area contributed by atoms with Crippen molar-refractivity contribution in [1.82, 2.24) is 19.6 Å². The van der Waals surface area contributed by atoms with E-state index in [1.54, 1.807) is 0 Å². The van der Waals surface area contributed by atoms with Crippen LogP contribution < -0.4 is 0 Å². The second kappa shape index (κ2) is 14.7. The van der Waals surface area contributed by atoms with Gasteiger partial charge in [0.2, 0.25) is 0 Å². The number of allylic oxidation sites excluding steroid dienone is 3. The summed E-state index contributed by atoms with van der Waals surface area (Å²) < 4.78 is 0. The zero-order valence-electron chi connectivity index (χ0n) is 18.4. The molecule has 2 saturated heterocycles. The molecule has 2 aliphatic heterocycles. The Morgan fingerprint density at radius 2 is 1.29 bits per heavy atom. The molecule has 4 nitrogen and oxygen atoms in total. The van der Waals surface area contributed by atoms with Gasteiger partial charge in [-0.15, -0.1) is 0 Å². The van der Waals surface area contributed by atoms with Crippen LogP contribution in [0.5, 0.6) is 0 Å². The Morgan fingerprint density at radius 3 is 1.84 bits per heavy atom. The molecule has 3 unspecified atom stereocenters. The van der Waals surface area contributed by atoms with Crippen molar-refractivity contribution in [3.8, 4) is 0 Å². The Hall–Kier alpha value is -0.361. The summed E-state index contributed by atoms with van der Waals surface area (Å²) in [6.07, 6.45) is 10.3. The van der Waals surface area contributed by atoms with Crippen LogP contribution in [-0.2, 0) is 19.7 Å². The maximum atomic E-state index is 4.80. The molecular formula is C24H36Cl2MnN4. The summed E-state index contributed by atoms with van der Waals surface area (Å²) in [5, 5.41) is 0. The van der Waals surface area contributed by atoms with Gasteiger partial charge in [0.15, 0.2) is 0 Å². The summed E-state index contributed by atoms with van der Waals surface area (Å²) in [6.45, 7) is 14.3. The van der Waals surface area contributed by atoms with Gasteiger partial charge in [-0.25, -0.2) is 0 Å². The van der Waals surface area contributed by atoms with Gasteiger partial charge in [0.1, 0.15) is 0 Å². The van der Waals surface area contributed by atoms with Crippen LogP contribution in [0.4, 0.5) is 0 Å². The first-order valence-corrected chi connectivity index (χ1v) is 14.7. The summed E-state index contributed by atoms with van der Waals surface area (Å²) in [5.41, 5.74) is 1.44. The van der Waals surface area contributed by atoms with Crippen LogP contribution in [-0.4, -0.2) is 91.6 Å². The SMILES string of the molecule is C1=CCC(CN2CCN3CCN(CCN(Cc4ccccc4)CC3)CC2)C=C1.[Cl][Mn][Cl]. The van der Waals surface area contributed by atoms with Crippen LogP contribution in [0.3, 0.4) is 0 Å². The molecule has 0 N–H and O–H groups in total. The number of hydrogen-bond acceptors (Lipinski definition) is 4. The fourth-order valence-corrected chi connectivity index (χ4v) is 4.59. The fourth-order valence-electron chi connectivity index (χ4n) is 4.59. The van der Waals surface area contributed by atoms with Crippen LogP contribution in [0.25, 0.3) is 0 Å². The van der Waals surface area contributed by atoms with Crippen molar-refractivity contribution in [2.24, 2.45) is 5.92 Å². The molecule has 0 saturated carbocycles. The number of benzene rings is 1. The summed E-state index contributed by atoms with van der Waals surface area (Å²) in [7, 11) is 9.59. The molecule has 173 valence electrons. The number of rotatable bonds is 4. The number of hydrogen-bond donors (Lipinski definition) is 0. The van der Waals surface area contributed by atoms with E-state index in [1.165, 1.54) is 84.0 Å². The van der Waals surface area contributed by atoms with Gasteiger partial charge >= 0.3 is 33.3 Å². The third-order valence-corrected chi connectivity index (χ3v) is 6.47. The van der Waals surface area contributed by atoms with Crippen molar-refractivity contribution in [3.05, 3.63) is 60.2 Å². The van der Waals surface area contributed by atoms with Crippen LogP contribution >= 0.6 is 20.2 Å². The van der Waals surface area contributed by atoms with Crippen molar-refractivity contribution in [2.45, 2.75) is 13.0 Å². The van der Waals surface area contributed by atoms with E-state index in [0.29, 0.717) is 5.92 Å². The molecule has 4 rings (SSSR count). The van der Waals surface area contributed by atoms with Gasteiger partial charge in [-0.05, 0) is 17.9 Å². The van der Waals surface area contributed by atoms with Crippen LogP contribution in [0, 0.1) is 5.92 Å². The Bertz CT molecular complexity index is 653. The second-order valence-corrected chi connectivity index (χ2v) is 10.6. The second-order valence-electron chi connectivity index (χ2n) is 8.61. The molecule has 31 heavy (non-hydrogen) atoms. The summed E-state index contributed by atoms with van der Waals surface area (Å²) >= 11 is 0.00694. The number of halogens is 2. The van der Waals surface area contributed by atoms with Gasteiger partial charge in [0.25, 0.3) is 0 Å². The molecule has 7 heteroatoms. The minimum absolute atomic E-state index is 0.00694. The average molecular weight is 506 g/mol. The standard InChI is InChI=1S/C24H36N4.2ClH.Mn/c1-3-7-23(8-4-1)21-27-17-13-25-11-12-26(14-18-27)16-20-28(19-15-25)22-24-9-5-2-6-10-24;;;/h1-9,24H,10-22H2;2*1H;/q;;;+2/p-2. The van der Waals surface area contributed by atoms with Crippen LogP contribution in [0.2, 0.25) is 0 Å². The molecule has 1 aromatic rings. The predicted octanol–water partition coefficient (Wildman–Crippen LogP) is 3.93. The zero-order chi connectivity index (χ0) is 21.7. The Labute approximate surface area is 203 Å². The van der Waals surface area contributed by atoms with Gasteiger partial charge in [-0.1, -0.05) is 54.6 Å². The molecule has 1 aliphatic carbocycles. The summed E-state index contributed by atoms with van der Waals surface area (Å²) in [4.78, 5) is 10.8. The van der Waals surface area contributed by atoms with E-state index in [4.69, 9.17) is 20.2 Å². The Morgan fingerprint density at radius 1 is 0.742 bits per heavy atom. The first-order valence-electron chi connectivity index (χ1n) is 11.4. The zero-order valence-corrected chi connectivity index (χ0v) is 21.1. The molecule has 3 aliphatic rings. The normalized spacial score (nSPS) is 27.7. The first kappa shape index (κ1) is 25.3. The first-order chi connectivity index (χ1) is 15.3. The van der Waals surface area contributed by atoms with E-state index < -0.39 is 0 Å². The van der Waals surface area contributed by atoms with Gasteiger partial charge in [0.05, 0.1) is 0 Å². The molecule has 0 amide bonds. The Balaban J connectivity index is 0.000000858. The van der Waals surface area contributed by atoms with E-state index in [9.17, 15) is 0 Å². The quantitative estimate of drug-likeness (QED) is 0.574. The maximum absolute atomic E-state index is 4.80. The molecule has 0 spiro atoms. The van der Waals surface area contributed by atoms with E-state index in [1.807, 2.05) is 0 Å². The van der Waals surface area contributed by atoms with E-state index in [2.05, 4.69) is 74.2 Å². The van der Waals surface area contributed by atoms with Crippen molar-refractivity contribution < 1.29 is 13.1 Å². The third-order valence-electron chi connectivity index (χ3n) is 6.47. The molecule has 2 fully saturated rings. The summed E-state index contributed by atoms with van der Waals surface area (Å²) in [5.74, 6) is 0.696. The molecule has 0 radical (unpaired) electrons. The van der Waals surface area contributed by atoms with Gasteiger partial charge in [-0.3, -0.25) is 14.7 Å². The third kappa shape index (κ3) is 9.57. The van der Waals surface area contributed by atoms with E-state index in [-0.39, 0.29) is 13.1 Å². The number of nitrogens with zero attached hydrogens (tertiary/aromatic N) is 4. The van der Waals surface area contributed by atoms with Gasteiger partial charge < -0.3 is 4.90 Å². The Kier molecular flexibility index (Phi) is 12.0. The van der Waals surface area contributed by atoms with Crippen molar-refractivity contribution in [1.29, 1.82) is 0 Å². The number of fused-ring (bicyclic) bond motifs is 3. The molecule has 2 bridgehead atoms. The van der Waals surface area contributed by atoms with Crippen LogP contribution in [0.15, 0.2) is 54.6 Å². The molecule has 0 aromatic heterocycles. The van der Waals surface area contributed by atoms with Crippen molar-refractivity contribution in [3.63, 3.8) is 0 Å².